The fourth-order valence-electron chi connectivity index (χ4n) is 12.6. The number of benzene rings is 2. The molecule has 20 nitrogen and oxygen atoms in total. The SMILES string of the molecule is CC(C)(C)c1ccc([S+]2CCCCC2)cc1.CC(C)(C)c1ccc([S+]2CCCCC2)cc1.CC1(C)C2CCC1(CS(=O)(=O)OCCOC(=O)C(F)(F)S(=O)(=O)[O-])C(=O)C2.CC1(C)C2CCC1(CS(=O)(=O)OCCOC(=O)C(F)(F)SOO[O-])C(=O)C2.CO.[Br-].c1cc[nH+]cc1. The van der Waals surface area contributed by atoms with Gasteiger partial charge in [0, 0.05) is 53.9 Å². The first kappa shape index (κ1) is 85.9. The molecule has 0 amide bonds. The van der Waals surface area contributed by atoms with E-state index in [1.165, 1.54) is 72.7 Å². The summed E-state index contributed by atoms with van der Waals surface area (Å²) in [5.74, 6) is -0.134. The van der Waals surface area contributed by atoms with Crippen LogP contribution in [0.2, 0.25) is 0 Å². The summed E-state index contributed by atoms with van der Waals surface area (Å²) in [5, 5.41) is 9.69. The van der Waals surface area contributed by atoms with E-state index in [0.717, 1.165) is 13.5 Å². The van der Waals surface area contributed by atoms with Gasteiger partial charge in [0.15, 0.2) is 32.3 Å². The highest BCUT2D eigenvalue weighted by Crippen LogP contribution is 2.65. The van der Waals surface area contributed by atoms with Crippen LogP contribution in [0.1, 0.15) is 157 Å². The first-order chi connectivity index (χ1) is 43.6. The van der Waals surface area contributed by atoms with Crippen molar-refractivity contribution >= 4 is 87.7 Å². The molecule has 2 N–H and O–H groups in total. The van der Waals surface area contributed by atoms with E-state index in [1.807, 2.05) is 58.3 Å². The standard InChI is InChI=1S/2C15H23S.2C14H20F2O9S2.C5H5N.CH4O.BrH/c2*1-15(2,3)13-7-9-14(10-8-13)16-11-5-4-6-12-16;1-12(2)9-3-4-13(12,10(17)7-9)8-26(19,20)25-6-5-24-11(18)14(15,16)27(21,22)23;1-12(2)9-3-4-13(12,10(17)7-9)8-27(20,21)23-6-5-22-11(18)14(15,16)26-25-24-19;1-2-4-6-5-3-1;1-2;/h2*7-10H,4-6,11-12H2,1-3H3;9H,3-8H2,1-2H3,(H,21,22,23);9,19H,3-8H2,1-2H3;1-5H;2H,1H3;1H/q2*+1;;;;;/p-2. The highest BCUT2D eigenvalue weighted by Gasteiger charge is 2.67. The largest absolute Gasteiger partial charge is 1.00 e. The van der Waals surface area contributed by atoms with Crippen molar-refractivity contribution in [3.05, 3.63) is 90.3 Å². The van der Waals surface area contributed by atoms with E-state index in [-0.39, 0.29) is 51.2 Å². The van der Waals surface area contributed by atoms with Crippen LogP contribution < -0.4 is 27.2 Å². The Bertz CT molecular complexity index is 3180. The fraction of sp³-hybridized carbons (Fsp3) is 0.672. The Kier molecular flexibility index (Phi) is 32.9. The molecule has 4 aliphatic carbocycles. The molecule has 31 heteroatoms. The van der Waals surface area contributed by atoms with E-state index in [9.17, 15) is 71.8 Å². The first-order valence-electron chi connectivity index (χ1n) is 31.0. The van der Waals surface area contributed by atoms with Crippen molar-refractivity contribution in [3.63, 3.8) is 0 Å². The Labute approximate surface area is 579 Å². The number of ether oxygens (including phenoxy) is 2. The second-order valence-electron chi connectivity index (χ2n) is 26.9. The van der Waals surface area contributed by atoms with Crippen LogP contribution in [0.3, 0.4) is 0 Å². The molecule has 3 aromatic rings. The number of ketones is 2. The van der Waals surface area contributed by atoms with Gasteiger partial charge in [-0.15, -0.1) is 0 Å². The van der Waals surface area contributed by atoms with Gasteiger partial charge in [0.1, 0.15) is 73.0 Å². The molecule has 95 heavy (non-hydrogen) atoms. The zero-order valence-electron chi connectivity index (χ0n) is 55.9. The van der Waals surface area contributed by atoms with Crippen molar-refractivity contribution in [2.45, 2.75) is 177 Å². The summed E-state index contributed by atoms with van der Waals surface area (Å²) in [4.78, 5) is 52.8. The molecule has 9 rings (SSSR count). The van der Waals surface area contributed by atoms with Gasteiger partial charge in [0.05, 0.1) is 22.3 Å². The van der Waals surface area contributed by atoms with Gasteiger partial charge in [-0.2, -0.15) is 38.7 Å². The van der Waals surface area contributed by atoms with Gasteiger partial charge in [-0.25, -0.2) is 23.0 Å². The van der Waals surface area contributed by atoms with Gasteiger partial charge in [0.25, 0.3) is 20.2 Å². The number of hydrogen-bond acceptors (Lipinski definition) is 20. The van der Waals surface area contributed by atoms with E-state index in [1.54, 1.807) is 9.79 Å². The third-order valence-corrected chi connectivity index (χ3v) is 27.6. The Hall–Kier alpha value is -3.31. The highest BCUT2D eigenvalue weighted by molar-refractivity contribution is 7.97. The minimum Gasteiger partial charge on any atom is -1.00 e. The molecule has 4 bridgehead atoms. The van der Waals surface area contributed by atoms with E-state index < -0.39 is 124 Å². The maximum absolute atomic E-state index is 13.1. The number of carbonyl (C=O) groups is 4. The lowest BCUT2D eigenvalue weighted by atomic mass is 9.70. The lowest BCUT2D eigenvalue weighted by molar-refractivity contribution is -0.777. The number of fused-ring (bicyclic) bond motifs is 4. The number of aromatic nitrogens is 1. The van der Waals surface area contributed by atoms with Crippen molar-refractivity contribution in [1.29, 1.82) is 0 Å². The van der Waals surface area contributed by atoms with E-state index in [0.29, 0.717) is 53.9 Å². The number of aliphatic hydroxyl groups excluding tert-OH is 1. The number of hydrogen-bond donors (Lipinski definition) is 1. The quantitative estimate of drug-likeness (QED) is 0.0144. The van der Waals surface area contributed by atoms with Gasteiger partial charge in [-0.1, -0.05) is 99.6 Å². The van der Waals surface area contributed by atoms with Crippen molar-refractivity contribution in [2.75, 3.05) is 68.1 Å². The molecule has 4 saturated carbocycles. The number of rotatable bonds is 20. The Morgan fingerprint density at radius 2 is 0.958 bits per heavy atom. The van der Waals surface area contributed by atoms with E-state index in [2.05, 4.69) is 118 Å². The molecular weight excluding hydrogens is 1430 g/mol. The first-order valence-corrected chi connectivity index (χ1v) is 39.4. The summed E-state index contributed by atoms with van der Waals surface area (Å²) in [6.45, 7) is 17.7. The number of Topliss-reactive ketones (excluding diaryl/α,β-unsaturated/α-hetero) is 2. The second-order valence-corrected chi connectivity index (χ2v) is 37.0. The van der Waals surface area contributed by atoms with Crippen LogP contribution in [-0.2, 0) is 109 Å². The summed E-state index contributed by atoms with van der Waals surface area (Å²) in [5.41, 5.74) is 0.368. The number of alkyl halides is 4. The van der Waals surface area contributed by atoms with Crippen molar-refractivity contribution in [3.8, 4) is 0 Å². The molecule has 6 aliphatic rings. The Morgan fingerprint density at radius 3 is 1.23 bits per heavy atom. The molecule has 4 unspecified atom stereocenters. The summed E-state index contributed by atoms with van der Waals surface area (Å²) in [7, 11) is -12.6. The molecule has 0 spiro atoms. The Morgan fingerprint density at radius 1 is 0.600 bits per heavy atom. The lowest BCUT2D eigenvalue weighted by Crippen LogP contribution is -3.00. The zero-order chi connectivity index (χ0) is 70.8. The number of H-pyrrole nitrogens is 1. The summed E-state index contributed by atoms with van der Waals surface area (Å²) in [6, 6.07) is 24.7. The van der Waals surface area contributed by atoms with Crippen molar-refractivity contribution < 1.29 is 126 Å². The molecule has 4 atom stereocenters. The van der Waals surface area contributed by atoms with E-state index >= 15 is 0 Å². The van der Waals surface area contributed by atoms with Crippen LogP contribution >= 0.6 is 12.0 Å². The molecule has 2 aliphatic heterocycles. The number of pyridine rings is 1. The predicted molar refractivity (Wildman–Crippen MR) is 348 cm³/mol. The fourth-order valence-corrected chi connectivity index (χ4v) is 21.1. The molecule has 1 aromatic heterocycles. The zero-order valence-corrected chi connectivity index (χ0v) is 62.3. The summed E-state index contributed by atoms with van der Waals surface area (Å²) < 4.78 is 153. The van der Waals surface area contributed by atoms with Gasteiger partial charge in [-0.05, 0) is 133 Å². The number of esters is 2. The van der Waals surface area contributed by atoms with Gasteiger partial charge in [0.2, 0.25) is 0 Å². The molecule has 6 fully saturated rings. The minimum atomic E-state index is -6.26. The molecule has 0 radical (unpaired) electrons. The summed E-state index contributed by atoms with van der Waals surface area (Å²) >= 11 is -0.860. The molecule has 2 saturated heterocycles. The van der Waals surface area contributed by atoms with Gasteiger partial charge in [-0.3, -0.25) is 23.0 Å². The monoisotopic (exact) mass is 1530 g/mol. The molecule has 540 valence electrons. The average Bonchev–Trinajstić information content (AvgIpc) is 1.56. The molecule has 3 heterocycles. The van der Waals surface area contributed by atoms with Crippen LogP contribution in [0.25, 0.3) is 0 Å². The third-order valence-electron chi connectivity index (χ3n) is 18.5. The van der Waals surface area contributed by atoms with Gasteiger partial charge >= 0.3 is 22.4 Å². The maximum Gasteiger partial charge on any atom is 0.428 e. The lowest BCUT2D eigenvalue weighted by Gasteiger charge is -2.35. The number of carbonyl (C=O) groups excluding carboxylic acids is 4. The highest BCUT2D eigenvalue weighted by atomic mass is 79.9. The number of halogens is 5. The second kappa shape index (κ2) is 36.3. The van der Waals surface area contributed by atoms with Crippen LogP contribution in [0.15, 0.2) is 88.9 Å². The summed E-state index contributed by atoms with van der Waals surface area (Å²) in [6.07, 6.45) is 15.3. The van der Waals surface area contributed by atoms with E-state index in [4.69, 9.17) is 9.29 Å². The minimum absolute atomic E-state index is 0. The number of nitrogens with one attached hydrogen (secondary N) is 1. The van der Waals surface area contributed by atoms with Crippen LogP contribution in [0.5, 0.6) is 0 Å². The van der Waals surface area contributed by atoms with Gasteiger partial charge < -0.3 is 41.4 Å². The number of aromatic amines is 1. The average molecular weight is 1530 g/mol. The van der Waals surface area contributed by atoms with Crippen molar-refractivity contribution in [2.24, 2.45) is 33.5 Å². The predicted octanol–water partition coefficient (Wildman–Crippen LogP) is 6.55. The Balaban J connectivity index is 0.000000323. The van der Waals surface area contributed by atoms with Crippen LogP contribution in [0, 0.1) is 33.5 Å². The number of aliphatic hydroxyl groups is 1. The smallest absolute Gasteiger partial charge is 0.428 e. The van der Waals surface area contributed by atoms with Crippen LogP contribution in [0.4, 0.5) is 17.6 Å². The molecule has 2 aromatic carbocycles. The molecular formula is C64H94BrF4NO19S6. The van der Waals surface area contributed by atoms with Crippen molar-refractivity contribution in [1.82, 2.24) is 0 Å². The maximum atomic E-state index is 13.1. The topological polar surface area (TPSA) is 307 Å². The van der Waals surface area contributed by atoms with Crippen LogP contribution in [-0.4, -0.2) is 137 Å². The third kappa shape index (κ3) is 23.4. The normalized spacial score (nSPS) is 22.5.